The topological polar surface area (TPSA) is 346 Å². The maximum Gasteiger partial charge on any atom is 0.466 e. The lowest BCUT2D eigenvalue weighted by molar-refractivity contribution is -0.0119. The van der Waals surface area contributed by atoms with Gasteiger partial charge in [0.15, 0.2) is 0 Å². The Morgan fingerprint density at radius 1 is 0.939 bits per heavy atom. The molecule has 18 N–H and O–H groups in total. The number of rotatable bonds is 1. The van der Waals surface area contributed by atoms with Gasteiger partial charge in [-0.3, -0.25) is 10.2 Å². The van der Waals surface area contributed by atoms with Crippen molar-refractivity contribution in [1.82, 2.24) is 5.06 Å². The average molecular weight is 524 g/mol. The second kappa shape index (κ2) is 19.2. The quantitative estimate of drug-likeness (QED) is 0.265. The maximum atomic E-state index is 10.5. The Bertz CT molecular complexity index is 980. The third-order valence-electron chi connectivity index (χ3n) is 3.32. The molecular formula is C16H31ClN3O12P. The summed E-state index contributed by atoms with van der Waals surface area (Å²) in [6.45, 7) is 0.229. The first-order chi connectivity index (χ1) is 12.2. The van der Waals surface area contributed by atoms with Gasteiger partial charge in [-0.1, -0.05) is 41.9 Å². The van der Waals surface area contributed by atoms with Gasteiger partial charge in [0.25, 0.3) is 0 Å². The zero-order valence-electron chi connectivity index (χ0n) is 17.2. The Morgan fingerprint density at radius 2 is 1.42 bits per heavy atom. The number of hydroxylamine groups is 2. The van der Waals surface area contributed by atoms with Crippen molar-refractivity contribution >= 4 is 31.0 Å². The van der Waals surface area contributed by atoms with Crippen LogP contribution in [0.5, 0.6) is 0 Å². The fraction of sp³-hybridized carbons (Fsp3) is 0.125. The molecule has 2 aromatic rings. The molecule has 0 saturated carbocycles. The molecule has 194 valence electrons. The van der Waals surface area contributed by atoms with E-state index in [0.29, 0.717) is 16.6 Å². The zero-order chi connectivity index (χ0) is 19.3. The van der Waals surface area contributed by atoms with Gasteiger partial charge in [0.05, 0.1) is 11.1 Å². The number of hydrogen-bond donors (Lipinski definition) is 4. The molecule has 3 rings (SSSR count). The molecular weight excluding hydrogens is 493 g/mol. The van der Waals surface area contributed by atoms with E-state index in [1.165, 1.54) is 5.06 Å². The van der Waals surface area contributed by atoms with Gasteiger partial charge >= 0.3 is 7.82 Å². The summed E-state index contributed by atoms with van der Waals surface area (Å²) in [6.07, 6.45) is 0. The molecule has 15 nitrogen and oxygen atoms in total. The molecule has 1 aliphatic heterocycles. The van der Waals surface area contributed by atoms with Crippen LogP contribution in [0.4, 0.5) is 0 Å². The van der Waals surface area contributed by atoms with Gasteiger partial charge in [0, 0.05) is 22.9 Å². The Labute approximate surface area is 192 Å². The minimum atomic E-state index is -4.64. The van der Waals surface area contributed by atoms with Gasteiger partial charge in [-0.05, 0) is 18.2 Å². The molecule has 0 unspecified atom stereocenters. The average Bonchev–Trinajstić information content (AvgIpc) is 2.69. The molecule has 0 aliphatic carbocycles. The minimum absolute atomic E-state index is 0. The first kappa shape index (κ1) is 44.4. The van der Waals surface area contributed by atoms with Crippen LogP contribution >= 0.6 is 19.4 Å². The highest BCUT2D eigenvalue weighted by Gasteiger charge is 2.17. The van der Waals surface area contributed by atoms with Crippen molar-refractivity contribution in [1.29, 1.82) is 0 Å². The van der Waals surface area contributed by atoms with Crippen LogP contribution in [0.3, 0.4) is 0 Å². The van der Waals surface area contributed by atoms with Crippen LogP contribution in [-0.4, -0.2) is 82.7 Å². The smallest absolute Gasteiger partial charge is 0.412 e. The second-order valence-corrected chi connectivity index (χ2v) is 6.66. The summed E-state index contributed by atoms with van der Waals surface area (Å²) in [7, 11) is -2.98. The molecule has 17 heteroatoms. The number of benzene rings is 2. The van der Waals surface area contributed by atoms with E-state index < -0.39 is 7.82 Å². The lowest BCUT2D eigenvalue weighted by Gasteiger charge is -2.19. The summed E-state index contributed by atoms with van der Waals surface area (Å²) in [6, 6.07) is 15.1. The van der Waals surface area contributed by atoms with Crippen molar-refractivity contribution in [2.45, 2.75) is 0 Å². The first-order valence-corrected chi connectivity index (χ1v) is 9.27. The number of halogens is 1. The van der Waals surface area contributed by atoms with E-state index >= 15 is 0 Å². The number of fused-ring (bicyclic) bond motifs is 1. The van der Waals surface area contributed by atoms with Crippen LogP contribution in [-0.2, 0) is 4.57 Å². The lowest BCUT2D eigenvalue weighted by Crippen LogP contribution is -2.31. The molecule has 33 heavy (non-hydrogen) atoms. The van der Waals surface area contributed by atoms with E-state index in [-0.39, 0.29) is 44.9 Å². The molecule has 2 aromatic carbocycles. The Morgan fingerprint density at radius 3 is 1.88 bits per heavy atom. The molecule has 0 amide bonds. The van der Waals surface area contributed by atoms with Crippen LogP contribution in [0.2, 0.25) is 5.02 Å². The van der Waals surface area contributed by atoms with E-state index in [9.17, 15) is 5.21 Å². The third kappa shape index (κ3) is 13.7. The largest absolute Gasteiger partial charge is 0.466 e. The molecule has 0 atom stereocenters. The van der Waals surface area contributed by atoms with Crippen LogP contribution < -0.4 is 10.6 Å². The summed E-state index contributed by atoms with van der Waals surface area (Å²) >= 11 is 6.12. The highest BCUT2D eigenvalue weighted by molar-refractivity contribution is 7.45. The van der Waals surface area contributed by atoms with Crippen LogP contribution in [0.25, 0.3) is 5.70 Å². The number of aliphatic imine (C=N–C) groups is 1. The lowest BCUT2D eigenvalue weighted by atomic mass is 10.1. The van der Waals surface area contributed by atoms with E-state index in [2.05, 4.69) is 9.98 Å². The second-order valence-electron chi connectivity index (χ2n) is 5.20. The van der Waals surface area contributed by atoms with Crippen LogP contribution in [0, 0.1) is 0 Å². The molecule has 1 aliphatic rings. The van der Waals surface area contributed by atoms with Crippen molar-refractivity contribution in [3.05, 3.63) is 69.7 Å². The van der Waals surface area contributed by atoms with Crippen LogP contribution in [0.15, 0.2) is 58.5 Å². The van der Waals surface area contributed by atoms with Gasteiger partial charge in [-0.25, -0.2) is 14.6 Å². The summed E-state index contributed by atoms with van der Waals surface area (Å²) in [5, 5.41) is 13.8. The Balaban J connectivity index is -0.000000139. The van der Waals surface area contributed by atoms with Crippen molar-refractivity contribution in [3.8, 4) is 0 Å². The highest BCUT2D eigenvalue weighted by Crippen LogP contribution is 2.25. The summed E-state index contributed by atoms with van der Waals surface area (Å²) in [5.41, 5.74) is 1.58. The molecule has 0 aromatic heterocycles. The van der Waals surface area contributed by atoms with Gasteiger partial charge in [-0.2, -0.15) is 0 Å². The summed E-state index contributed by atoms with van der Waals surface area (Å²) in [4.78, 5) is 30.2. The minimum Gasteiger partial charge on any atom is -0.412 e. The van der Waals surface area contributed by atoms with Gasteiger partial charge in [-0.15, -0.1) is 0 Å². The highest BCUT2D eigenvalue weighted by atomic mass is 35.5. The van der Waals surface area contributed by atoms with E-state index in [1.54, 1.807) is 13.1 Å². The first-order valence-electron chi connectivity index (χ1n) is 7.33. The number of nitrogens with zero attached hydrogens (tertiary/aromatic N) is 3. The molecule has 0 spiro atoms. The van der Waals surface area contributed by atoms with Crippen molar-refractivity contribution in [3.63, 3.8) is 0 Å². The molecule has 0 radical (unpaired) electrons. The predicted molar refractivity (Wildman–Crippen MR) is 123 cm³/mol. The maximum absolute atomic E-state index is 10.5. The molecule has 0 saturated heterocycles. The van der Waals surface area contributed by atoms with Crippen molar-refractivity contribution in [2.24, 2.45) is 9.98 Å². The van der Waals surface area contributed by atoms with Gasteiger partial charge < -0.3 is 53.0 Å². The van der Waals surface area contributed by atoms with Gasteiger partial charge in [0.1, 0.15) is 12.4 Å². The fourth-order valence-electron chi connectivity index (χ4n) is 2.34. The summed E-state index contributed by atoms with van der Waals surface area (Å²) in [5.74, 6) is 0.562. The zero-order valence-corrected chi connectivity index (χ0v) is 18.8. The standard InChI is InChI=1S/C16H14ClN3O.H3O4P.7H2O/c1-18-15-10-20(21)16(11-5-3-2-4-6-11)13-9-12(17)7-8-14(13)19-15;1-5(2,3)4;;;;;;;/h2-9,21H,10H2,1H3;(H3,1,2,3,4);7*1H2. The Hall–Kier alpha value is -2.34. The van der Waals surface area contributed by atoms with E-state index in [1.807, 2.05) is 42.5 Å². The van der Waals surface area contributed by atoms with Crippen LogP contribution in [0.1, 0.15) is 5.56 Å². The normalized spacial score (nSPS) is 12.2. The van der Waals surface area contributed by atoms with E-state index in [4.69, 9.17) is 30.8 Å². The summed E-state index contributed by atoms with van der Waals surface area (Å²) < 4.78 is 8.88. The van der Waals surface area contributed by atoms with E-state index in [0.717, 1.165) is 16.1 Å². The SMILES string of the molecule is CN=C1CN(O)C(c2ccccc2)=c2cc(Cl)ccc2=N1.O.O.O.O.O.O.O.O=P(O)(O)O. The fourth-order valence-corrected chi connectivity index (χ4v) is 2.52. The molecule has 0 fully saturated rings. The predicted octanol–water partition coefficient (Wildman–Crippen LogP) is -4.85. The molecule has 1 heterocycles. The van der Waals surface area contributed by atoms with Gasteiger partial charge in [0.2, 0.25) is 0 Å². The number of amidine groups is 1. The Kier molecular flexibility index (Phi) is 25.7. The monoisotopic (exact) mass is 523 g/mol. The number of hydrogen-bond acceptors (Lipinski definition) is 4. The molecule has 0 bridgehead atoms. The number of phosphoric acid groups is 1. The van der Waals surface area contributed by atoms with Crippen molar-refractivity contribution in [2.75, 3.05) is 13.6 Å². The third-order valence-corrected chi connectivity index (χ3v) is 3.55. The van der Waals surface area contributed by atoms with Crippen molar-refractivity contribution < 1.29 is 62.8 Å².